The molecule has 3 atom stereocenters. The van der Waals surface area contributed by atoms with Crippen LogP contribution in [0.4, 0.5) is 0 Å². The number of carbonyl (C=O) groups excluding carboxylic acids is 1. The zero-order valence-electron chi connectivity index (χ0n) is 8.95. The quantitative estimate of drug-likeness (QED) is 0.675. The highest BCUT2D eigenvalue weighted by Gasteiger charge is 2.25. The van der Waals surface area contributed by atoms with Crippen molar-refractivity contribution in [2.45, 2.75) is 51.3 Å². The fourth-order valence-electron chi connectivity index (χ4n) is 1.82. The largest absolute Gasteiger partial charge is 0.377 e. The Kier molecular flexibility index (Phi) is 4.35. The van der Waals surface area contributed by atoms with E-state index < -0.39 is 0 Å². The molecule has 0 aromatic carbocycles. The average Bonchev–Trinajstić information content (AvgIpc) is 2.65. The van der Waals surface area contributed by atoms with Gasteiger partial charge >= 0.3 is 0 Å². The van der Waals surface area contributed by atoms with E-state index in [1.807, 2.05) is 13.8 Å². The lowest BCUT2D eigenvalue weighted by atomic mass is 10.1. The fourth-order valence-corrected chi connectivity index (χ4v) is 1.82. The summed E-state index contributed by atoms with van der Waals surface area (Å²) in [7, 11) is 0. The molecule has 1 saturated heterocycles. The number of nitrogens with one attached hydrogen (secondary N) is 1. The highest BCUT2D eigenvalue weighted by molar-refractivity contribution is 5.79. The summed E-state index contributed by atoms with van der Waals surface area (Å²) in [4.78, 5) is 11.0. The van der Waals surface area contributed by atoms with E-state index in [9.17, 15) is 4.79 Å². The molecule has 0 saturated carbocycles. The van der Waals surface area contributed by atoms with E-state index in [1.165, 1.54) is 0 Å². The molecule has 4 nitrogen and oxygen atoms in total. The SMILES string of the molecule is CCC(NC(C)C1CCCO1)C(N)=O. The minimum atomic E-state index is -0.280. The standard InChI is InChI=1S/C10H20N2O2/c1-3-8(10(11)13)12-7(2)9-5-4-6-14-9/h7-9,12H,3-6H2,1-2H3,(H2,11,13). The van der Waals surface area contributed by atoms with E-state index in [4.69, 9.17) is 10.5 Å². The van der Waals surface area contributed by atoms with Crippen LogP contribution in [-0.2, 0) is 9.53 Å². The van der Waals surface area contributed by atoms with Gasteiger partial charge in [-0.05, 0) is 26.2 Å². The summed E-state index contributed by atoms with van der Waals surface area (Å²) in [6.07, 6.45) is 3.16. The smallest absolute Gasteiger partial charge is 0.234 e. The maximum atomic E-state index is 11.0. The number of hydrogen-bond acceptors (Lipinski definition) is 3. The summed E-state index contributed by atoms with van der Waals surface area (Å²) in [6, 6.07) is -0.0239. The predicted molar refractivity (Wildman–Crippen MR) is 54.8 cm³/mol. The van der Waals surface area contributed by atoms with Crippen molar-refractivity contribution < 1.29 is 9.53 Å². The highest BCUT2D eigenvalue weighted by Crippen LogP contribution is 2.15. The second-order valence-corrected chi connectivity index (χ2v) is 3.87. The van der Waals surface area contributed by atoms with Gasteiger partial charge in [-0.25, -0.2) is 0 Å². The van der Waals surface area contributed by atoms with Gasteiger partial charge in [0.05, 0.1) is 12.1 Å². The third kappa shape index (κ3) is 2.96. The van der Waals surface area contributed by atoms with E-state index in [2.05, 4.69) is 5.32 Å². The molecule has 0 aromatic heterocycles. The summed E-state index contributed by atoms with van der Waals surface area (Å²) in [5, 5.41) is 3.21. The summed E-state index contributed by atoms with van der Waals surface area (Å²) < 4.78 is 5.53. The number of ether oxygens (including phenoxy) is 1. The Morgan fingerprint density at radius 1 is 1.71 bits per heavy atom. The molecule has 1 aliphatic heterocycles. The first-order chi connectivity index (χ1) is 6.65. The van der Waals surface area contributed by atoms with Crippen LogP contribution in [-0.4, -0.2) is 30.7 Å². The van der Waals surface area contributed by atoms with Crippen LogP contribution in [0.15, 0.2) is 0 Å². The molecule has 0 radical (unpaired) electrons. The van der Waals surface area contributed by atoms with Gasteiger partial charge < -0.3 is 15.8 Å². The van der Waals surface area contributed by atoms with Crippen LogP contribution < -0.4 is 11.1 Å². The number of rotatable bonds is 5. The first kappa shape index (κ1) is 11.5. The normalized spacial score (nSPS) is 26.0. The first-order valence-electron chi connectivity index (χ1n) is 5.32. The Morgan fingerprint density at radius 3 is 2.86 bits per heavy atom. The zero-order chi connectivity index (χ0) is 10.6. The maximum absolute atomic E-state index is 11.0. The van der Waals surface area contributed by atoms with E-state index in [1.54, 1.807) is 0 Å². The molecular formula is C10H20N2O2. The first-order valence-corrected chi connectivity index (χ1v) is 5.32. The van der Waals surface area contributed by atoms with E-state index in [-0.39, 0.29) is 24.1 Å². The number of carbonyl (C=O) groups is 1. The molecule has 4 heteroatoms. The van der Waals surface area contributed by atoms with Gasteiger partial charge in [-0.15, -0.1) is 0 Å². The number of amides is 1. The molecule has 0 aliphatic carbocycles. The maximum Gasteiger partial charge on any atom is 0.234 e. The second-order valence-electron chi connectivity index (χ2n) is 3.87. The van der Waals surface area contributed by atoms with Crippen LogP contribution in [0, 0.1) is 0 Å². The van der Waals surface area contributed by atoms with Crippen molar-refractivity contribution in [2.75, 3.05) is 6.61 Å². The molecule has 82 valence electrons. The van der Waals surface area contributed by atoms with Gasteiger partial charge in [-0.1, -0.05) is 6.92 Å². The van der Waals surface area contributed by atoms with Crippen LogP contribution in [0.1, 0.15) is 33.1 Å². The number of nitrogens with two attached hydrogens (primary N) is 1. The Labute approximate surface area is 85.2 Å². The lowest BCUT2D eigenvalue weighted by molar-refractivity contribution is -0.120. The molecule has 0 aromatic rings. The highest BCUT2D eigenvalue weighted by atomic mass is 16.5. The number of primary amides is 1. The van der Waals surface area contributed by atoms with Crippen molar-refractivity contribution in [3.63, 3.8) is 0 Å². The van der Waals surface area contributed by atoms with Crippen molar-refractivity contribution in [1.29, 1.82) is 0 Å². The molecular weight excluding hydrogens is 180 g/mol. The van der Waals surface area contributed by atoms with Gasteiger partial charge in [-0.3, -0.25) is 4.79 Å². The summed E-state index contributed by atoms with van der Waals surface area (Å²) in [5.41, 5.74) is 5.25. The predicted octanol–water partition coefficient (Wildman–Crippen LogP) is 0.407. The molecule has 1 fully saturated rings. The molecule has 1 amide bonds. The van der Waals surface area contributed by atoms with Crippen LogP contribution in [0.25, 0.3) is 0 Å². The topological polar surface area (TPSA) is 64.3 Å². The third-order valence-corrected chi connectivity index (χ3v) is 2.74. The Bertz CT molecular complexity index is 191. The van der Waals surface area contributed by atoms with Gasteiger partial charge in [0.1, 0.15) is 0 Å². The van der Waals surface area contributed by atoms with E-state index >= 15 is 0 Å². The van der Waals surface area contributed by atoms with Crippen LogP contribution in [0.3, 0.4) is 0 Å². The fraction of sp³-hybridized carbons (Fsp3) is 0.900. The number of hydrogen-bond donors (Lipinski definition) is 2. The molecule has 1 rings (SSSR count). The van der Waals surface area contributed by atoms with Gasteiger partial charge in [0.15, 0.2) is 0 Å². The summed E-state index contributed by atoms with van der Waals surface area (Å²) in [6.45, 7) is 4.83. The van der Waals surface area contributed by atoms with Crippen molar-refractivity contribution >= 4 is 5.91 Å². The lowest BCUT2D eigenvalue weighted by Gasteiger charge is -2.24. The van der Waals surface area contributed by atoms with Gasteiger partial charge in [0.2, 0.25) is 5.91 Å². The molecule has 14 heavy (non-hydrogen) atoms. The zero-order valence-corrected chi connectivity index (χ0v) is 8.95. The van der Waals surface area contributed by atoms with Gasteiger partial charge in [0.25, 0.3) is 0 Å². The molecule has 1 heterocycles. The molecule has 1 aliphatic rings. The monoisotopic (exact) mass is 200 g/mol. The Hall–Kier alpha value is -0.610. The second kappa shape index (κ2) is 5.32. The van der Waals surface area contributed by atoms with Crippen molar-refractivity contribution in [3.8, 4) is 0 Å². The summed E-state index contributed by atoms with van der Waals surface area (Å²) >= 11 is 0. The van der Waals surface area contributed by atoms with Crippen molar-refractivity contribution in [2.24, 2.45) is 5.73 Å². The molecule has 0 spiro atoms. The van der Waals surface area contributed by atoms with Crippen molar-refractivity contribution in [1.82, 2.24) is 5.32 Å². The van der Waals surface area contributed by atoms with Crippen LogP contribution in [0.5, 0.6) is 0 Å². The lowest BCUT2D eigenvalue weighted by Crippen LogP contribution is -2.49. The third-order valence-electron chi connectivity index (χ3n) is 2.74. The summed E-state index contributed by atoms with van der Waals surface area (Å²) in [5.74, 6) is -0.280. The van der Waals surface area contributed by atoms with Gasteiger partial charge in [-0.2, -0.15) is 0 Å². The van der Waals surface area contributed by atoms with Crippen LogP contribution >= 0.6 is 0 Å². The van der Waals surface area contributed by atoms with Crippen LogP contribution in [0.2, 0.25) is 0 Å². The van der Waals surface area contributed by atoms with Gasteiger partial charge in [0, 0.05) is 12.6 Å². The Balaban J connectivity index is 2.37. The molecule has 3 unspecified atom stereocenters. The average molecular weight is 200 g/mol. The molecule has 0 bridgehead atoms. The minimum Gasteiger partial charge on any atom is -0.377 e. The van der Waals surface area contributed by atoms with E-state index in [0.717, 1.165) is 25.9 Å². The minimum absolute atomic E-state index is 0.204. The molecule has 3 N–H and O–H groups in total. The Morgan fingerprint density at radius 2 is 2.43 bits per heavy atom. The van der Waals surface area contributed by atoms with E-state index in [0.29, 0.717) is 0 Å². The van der Waals surface area contributed by atoms with Crippen molar-refractivity contribution in [3.05, 3.63) is 0 Å².